The van der Waals surface area contributed by atoms with Gasteiger partial charge in [-0.3, -0.25) is 0 Å². The van der Waals surface area contributed by atoms with Crippen LogP contribution in [-0.4, -0.2) is 0 Å². The molecule has 12 rings (SSSR count). The fraction of sp³-hybridized carbons (Fsp3) is 0. The number of hydrogen-bond donors (Lipinski definition) is 0. The Balaban J connectivity index is 1.12. The maximum absolute atomic E-state index is 9.48. The average molecular weight is 721 g/mol. The molecule has 56 heavy (non-hydrogen) atoms. The van der Waals surface area contributed by atoms with Gasteiger partial charge in [0.15, 0.2) is 0 Å². The second-order valence-electron chi connectivity index (χ2n) is 14.1. The molecule has 0 aliphatic carbocycles. The van der Waals surface area contributed by atoms with Crippen molar-refractivity contribution < 1.29 is 19.8 Å². The predicted molar refractivity (Wildman–Crippen MR) is 235 cm³/mol. The zero-order valence-corrected chi connectivity index (χ0v) is 29.7. The van der Waals surface area contributed by atoms with Crippen LogP contribution >= 0.6 is 0 Å². The van der Waals surface area contributed by atoms with Crippen molar-refractivity contribution in [3.63, 3.8) is 0 Å². The van der Waals surface area contributed by atoms with Crippen LogP contribution in [0.15, 0.2) is 203 Å². The number of fused-ring (bicyclic) bond motifs is 10. The Morgan fingerprint density at radius 1 is 0.321 bits per heavy atom. The van der Waals surface area contributed by atoms with E-state index < -0.39 is 24.2 Å². The van der Waals surface area contributed by atoms with Gasteiger partial charge in [-0.25, -0.2) is 0 Å². The largest absolute Gasteiger partial charge is 0.456 e. The van der Waals surface area contributed by atoms with Gasteiger partial charge in [0.1, 0.15) is 22.3 Å². The summed E-state index contributed by atoms with van der Waals surface area (Å²) in [5.41, 5.74) is 8.32. The van der Waals surface area contributed by atoms with E-state index in [0.717, 1.165) is 76.9 Å². The van der Waals surface area contributed by atoms with Crippen molar-refractivity contribution in [3.05, 3.63) is 194 Å². The van der Waals surface area contributed by atoms with Crippen LogP contribution in [0.5, 0.6) is 0 Å². The second-order valence-corrected chi connectivity index (χ2v) is 14.1. The van der Waals surface area contributed by atoms with Crippen molar-refractivity contribution in [1.82, 2.24) is 0 Å². The number of furan rings is 2. The summed E-state index contributed by atoms with van der Waals surface area (Å²) in [5, 5.41) is 6.45. The highest BCUT2D eigenvalue weighted by Crippen LogP contribution is 2.47. The molecule has 0 aliphatic heterocycles. The van der Waals surface area contributed by atoms with Crippen molar-refractivity contribution >= 4 is 76.2 Å². The molecule has 0 bridgehead atoms. The number of hydrogen-bond acceptors (Lipinski definition) is 2. The van der Waals surface area contributed by atoms with Crippen LogP contribution < -0.4 is 0 Å². The van der Waals surface area contributed by atoms with Gasteiger partial charge in [0.25, 0.3) is 0 Å². The molecule has 2 aromatic heterocycles. The average Bonchev–Trinajstić information content (AvgIpc) is 3.90. The highest BCUT2D eigenvalue weighted by Gasteiger charge is 2.20. The monoisotopic (exact) mass is 720 g/mol. The molecule has 0 spiro atoms. The van der Waals surface area contributed by atoms with E-state index >= 15 is 0 Å². The molecule has 0 atom stereocenters. The van der Waals surface area contributed by atoms with Gasteiger partial charge in [0.2, 0.25) is 0 Å². The summed E-state index contributed by atoms with van der Waals surface area (Å²) in [6, 6.07) is 44.0. The maximum atomic E-state index is 9.48. The lowest BCUT2D eigenvalue weighted by molar-refractivity contribution is 0.663. The molecule has 260 valence electrons. The minimum absolute atomic E-state index is 0.173. The van der Waals surface area contributed by atoms with E-state index in [9.17, 15) is 5.48 Å². The van der Waals surface area contributed by atoms with E-state index in [4.69, 9.17) is 14.3 Å². The Hall–Kier alpha value is -7.42. The molecule has 0 amide bonds. The van der Waals surface area contributed by atoms with Crippen LogP contribution in [-0.2, 0) is 0 Å². The van der Waals surface area contributed by atoms with Crippen LogP contribution in [0.1, 0.15) is 11.0 Å². The summed E-state index contributed by atoms with van der Waals surface area (Å²) in [6.45, 7) is 0. The van der Waals surface area contributed by atoms with Crippen LogP contribution in [0.3, 0.4) is 0 Å². The minimum Gasteiger partial charge on any atom is -0.456 e. The molecule has 0 N–H and O–H groups in total. The highest BCUT2D eigenvalue weighted by molar-refractivity contribution is 6.26. The van der Waals surface area contributed by atoms with E-state index in [2.05, 4.69) is 18.2 Å². The molecule has 2 heterocycles. The molecule has 2 heteroatoms. The molecule has 10 aromatic carbocycles. The van der Waals surface area contributed by atoms with Gasteiger partial charge in [0, 0.05) is 21.5 Å². The van der Waals surface area contributed by atoms with Crippen molar-refractivity contribution in [1.29, 1.82) is 0 Å². The Kier molecular flexibility index (Phi) is 5.18. The predicted octanol–water partition coefficient (Wildman–Crippen LogP) is 15.6. The molecular formula is C54H32O2. The third-order valence-electron chi connectivity index (χ3n) is 11.1. The lowest BCUT2D eigenvalue weighted by Crippen LogP contribution is -1.93. The molecule has 0 radical (unpaired) electrons. The zero-order chi connectivity index (χ0) is 43.7. The molecule has 0 saturated carbocycles. The lowest BCUT2D eigenvalue weighted by atomic mass is 9.83. The van der Waals surface area contributed by atoms with Crippen LogP contribution in [0, 0.1) is 0 Å². The van der Waals surface area contributed by atoms with Gasteiger partial charge in [-0.05, 0) is 113 Å². The third kappa shape index (κ3) is 4.57. The van der Waals surface area contributed by atoms with E-state index in [1.54, 1.807) is 0 Å². The van der Waals surface area contributed by atoms with Gasteiger partial charge < -0.3 is 8.83 Å². The smallest absolute Gasteiger partial charge is 0.136 e. The van der Waals surface area contributed by atoms with E-state index in [1.165, 1.54) is 0 Å². The first-order valence-corrected chi connectivity index (χ1v) is 18.5. The SMILES string of the molecule is [2H]c1c([2H])c([2H])c2c(-c3ccccc3-c3ccccc3)c3c([2H])c([2H])c([2H])c([2H])c3c(-c3ccc4c(-c5ccc6c(c5)oc5ccc7oc8ccccc8c7c56)cccc4c3)c2c1[2H]. The summed E-state index contributed by atoms with van der Waals surface area (Å²) in [4.78, 5) is 0. The summed E-state index contributed by atoms with van der Waals surface area (Å²) in [7, 11) is 0. The first-order chi connectivity index (χ1) is 31.1. The number of para-hydroxylation sites is 1. The Morgan fingerprint density at radius 3 is 1.64 bits per heavy atom. The van der Waals surface area contributed by atoms with Crippen LogP contribution in [0.4, 0.5) is 0 Å². The van der Waals surface area contributed by atoms with Gasteiger partial charge >= 0.3 is 0 Å². The molecule has 12 aromatic rings. The number of rotatable bonds is 4. The Bertz CT molecular complexity index is 3920. The topological polar surface area (TPSA) is 26.3 Å². The van der Waals surface area contributed by atoms with Crippen molar-refractivity contribution in [2.24, 2.45) is 0 Å². The van der Waals surface area contributed by atoms with E-state index in [1.807, 2.05) is 127 Å². The normalized spacial score (nSPS) is 13.9. The Morgan fingerprint density at radius 2 is 0.893 bits per heavy atom. The van der Waals surface area contributed by atoms with Crippen LogP contribution in [0.25, 0.3) is 121 Å². The van der Waals surface area contributed by atoms with Gasteiger partial charge in [-0.1, -0.05) is 158 Å². The molecule has 2 nitrogen and oxygen atoms in total. The second kappa shape index (κ2) is 12.0. The fourth-order valence-corrected chi connectivity index (χ4v) is 8.69. The molecule has 0 fully saturated rings. The molecule has 0 unspecified atom stereocenters. The molecule has 0 saturated heterocycles. The molecule has 0 aliphatic rings. The van der Waals surface area contributed by atoms with Gasteiger partial charge in [0.05, 0.1) is 11.0 Å². The maximum Gasteiger partial charge on any atom is 0.136 e. The summed E-state index contributed by atoms with van der Waals surface area (Å²) >= 11 is 0. The summed E-state index contributed by atoms with van der Waals surface area (Å²) < 4.78 is 86.2. The minimum atomic E-state index is -0.438. The van der Waals surface area contributed by atoms with Crippen molar-refractivity contribution in [2.75, 3.05) is 0 Å². The van der Waals surface area contributed by atoms with Gasteiger partial charge in [-0.15, -0.1) is 0 Å². The van der Waals surface area contributed by atoms with Crippen molar-refractivity contribution in [2.45, 2.75) is 0 Å². The number of benzene rings is 10. The lowest BCUT2D eigenvalue weighted by Gasteiger charge is -2.20. The summed E-state index contributed by atoms with van der Waals surface area (Å²) in [6.07, 6.45) is 0. The highest BCUT2D eigenvalue weighted by atomic mass is 16.3. The Labute approximate surface area is 333 Å². The van der Waals surface area contributed by atoms with Crippen LogP contribution in [0.2, 0.25) is 0 Å². The first kappa shape index (κ1) is 24.1. The van der Waals surface area contributed by atoms with E-state index in [0.29, 0.717) is 22.3 Å². The first-order valence-electron chi connectivity index (χ1n) is 22.5. The fourth-order valence-electron chi connectivity index (χ4n) is 8.69. The third-order valence-corrected chi connectivity index (χ3v) is 11.1. The standard InChI is InChI=1S/C54H32O2/c1-2-13-33(14-3-1)37-16-4-5-17-40(37)52-43-20-8-6-18-41(43)51(42-19-7-9-21-44(42)52)36-26-27-39-34(31-36)15-12-23-38(39)35-25-28-46-50(32-35)56-49-30-29-48-53(54(46)49)45-22-10-11-24-47(45)55-48/h1-32H/i6D,7D,8D,9D,18D,19D,20D,21D. The van der Waals surface area contributed by atoms with Crippen molar-refractivity contribution in [3.8, 4) is 44.5 Å². The molecular weight excluding hydrogens is 681 g/mol. The quantitative estimate of drug-likeness (QED) is 0.169. The van der Waals surface area contributed by atoms with Gasteiger partial charge in [-0.2, -0.15) is 0 Å². The van der Waals surface area contributed by atoms with E-state index in [-0.39, 0.29) is 45.7 Å². The summed E-state index contributed by atoms with van der Waals surface area (Å²) in [5.74, 6) is 0. The zero-order valence-electron chi connectivity index (χ0n) is 37.7.